The minimum atomic E-state index is -3.72. The van der Waals surface area contributed by atoms with Crippen LogP contribution < -0.4 is 4.90 Å². The fourth-order valence-corrected chi connectivity index (χ4v) is 1.43. The van der Waals surface area contributed by atoms with Crippen molar-refractivity contribution in [2.75, 3.05) is 19.0 Å². The Kier molecular flexibility index (Phi) is 7.31. The summed E-state index contributed by atoms with van der Waals surface area (Å²) in [6.07, 6.45) is 0. The number of anilines is 1. The van der Waals surface area contributed by atoms with Gasteiger partial charge in [0.25, 0.3) is 0 Å². The van der Waals surface area contributed by atoms with E-state index in [2.05, 4.69) is 36.5 Å². The van der Waals surface area contributed by atoms with E-state index >= 15 is 0 Å². The highest BCUT2D eigenvalue weighted by molar-refractivity contribution is 8.31. The van der Waals surface area contributed by atoms with Crippen LogP contribution in [0.1, 0.15) is 0 Å². The molecule has 0 aliphatic heterocycles. The van der Waals surface area contributed by atoms with Gasteiger partial charge in [-0.05, 0) is 36.4 Å². The van der Waals surface area contributed by atoms with Crippen molar-refractivity contribution in [1.82, 2.24) is 0 Å². The normalized spacial score (nSPS) is 10.9. The first-order valence-corrected chi connectivity index (χ1v) is 9.27. The highest BCUT2D eigenvalue weighted by Crippen LogP contribution is 2.20. The highest BCUT2D eigenvalue weighted by atomic mass is 36.0. The standard InChI is InChI=1S/C14H15N3.Cl2O2S/c1-17(2)14-10-8-13(9-11-14)16-15-12-6-4-3-5-7-12;1-5(2,3)4/h3-11H,1-2H3;/b16-15+;. The molecule has 0 atom stereocenters. The third kappa shape index (κ3) is 8.61. The Morgan fingerprint density at radius 2 is 1.23 bits per heavy atom. The predicted octanol–water partition coefficient (Wildman–Crippen LogP) is 4.88. The van der Waals surface area contributed by atoms with E-state index in [0.717, 1.165) is 17.1 Å². The molecule has 0 aliphatic rings. The Morgan fingerprint density at radius 1 is 0.818 bits per heavy atom. The lowest BCUT2D eigenvalue weighted by Crippen LogP contribution is -2.07. The fraction of sp³-hybridized carbons (Fsp3) is 0.143. The van der Waals surface area contributed by atoms with Crippen LogP contribution in [-0.2, 0) is 8.26 Å². The second kappa shape index (κ2) is 8.73. The molecule has 0 spiro atoms. The topological polar surface area (TPSA) is 62.1 Å². The number of azo groups is 1. The molecule has 8 heteroatoms. The van der Waals surface area contributed by atoms with Gasteiger partial charge >= 0.3 is 8.26 Å². The molecule has 2 aromatic rings. The van der Waals surface area contributed by atoms with Gasteiger partial charge in [-0.2, -0.15) is 18.6 Å². The first-order chi connectivity index (χ1) is 10.3. The largest absolute Gasteiger partial charge is 0.378 e. The summed E-state index contributed by atoms with van der Waals surface area (Å²) >= 11 is 0. The van der Waals surface area contributed by atoms with Crippen molar-refractivity contribution in [1.29, 1.82) is 0 Å². The summed E-state index contributed by atoms with van der Waals surface area (Å²) in [5.74, 6) is 0. The van der Waals surface area contributed by atoms with Crippen LogP contribution in [0.4, 0.5) is 17.1 Å². The lowest BCUT2D eigenvalue weighted by molar-refractivity contribution is 0.621. The van der Waals surface area contributed by atoms with Gasteiger partial charge in [-0.15, -0.1) is 0 Å². The van der Waals surface area contributed by atoms with Crippen molar-refractivity contribution in [3.63, 3.8) is 0 Å². The average Bonchev–Trinajstić information content (AvgIpc) is 2.45. The van der Waals surface area contributed by atoms with Crippen molar-refractivity contribution in [2.45, 2.75) is 0 Å². The summed E-state index contributed by atoms with van der Waals surface area (Å²) in [4.78, 5) is 2.05. The third-order valence-electron chi connectivity index (χ3n) is 2.40. The van der Waals surface area contributed by atoms with E-state index in [4.69, 9.17) is 8.42 Å². The first kappa shape index (κ1) is 18.4. The van der Waals surface area contributed by atoms with Crippen LogP contribution in [0.2, 0.25) is 0 Å². The maximum atomic E-state index is 9.16. The number of rotatable bonds is 3. The SMILES string of the molecule is CN(C)c1ccc(/N=N/c2ccccc2)cc1.O=S(=O)(Cl)Cl. The molecule has 2 aromatic carbocycles. The van der Waals surface area contributed by atoms with E-state index in [0.29, 0.717) is 0 Å². The Morgan fingerprint density at radius 3 is 1.64 bits per heavy atom. The molecule has 0 bridgehead atoms. The van der Waals surface area contributed by atoms with E-state index in [1.165, 1.54) is 0 Å². The van der Waals surface area contributed by atoms with Crippen LogP contribution in [0.5, 0.6) is 0 Å². The van der Waals surface area contributed by atoms with E-state index in [-0.39, 0.29) is 0 Å². The predicted molar refractivity (Wildman–Crippen MR) is 92.0 cm³/mol. The molecule has 22 heavy (non-hydrogen) atoms. The Bertz CT molecular complexity index is 695. The minimum Gasteiger partial charge on any atom is -0.378 e. The van der Waals surface area contributed by atoms with Crippen molar-refractivity contribution in [2.24, 2.45) is 10.2 Å². The molecule has 0 saturated heterocycles. The lowest BCUT2D eigenvalue weighted by Gasteiger charge is -2.11. The highest BCUT2D eigenvalue weighted by Gasteiger charge is 1.94. The molecule has 2 rings (SSSR count). The Balaban J connectivity index is 0.000000422. The third-order valence-corrected chi connectivity index (χ3v) is 2.40. The molecular formula is C14H15Cl2N3O2S. The molecule has 0 fully saturated rings. The van der Waals surface area contributed by atoms with Crippen LogP contribution in [0, 0.1) is 0 Å². The van der Waals surface area contributed by atoms with Gasteiger partial charge in [0.1, 0.15) is 0 Å². The van der Waals surface area contributed by atoms with Crippen LogP contribution in [0.15, 0.2) is 64.8 Å². The summed E-state index contributed by atoms with van der Waals surface area (Å²) in [6, 6.07) is 17.7. The molecule has 0 saturated carbocycles. The van der Waals surface area contributed by atoms with Gasteiger partial charge in [0, 0.05) is 41.1 Å². The van der Waals surface area contributed by atoms with E-state index in [9.17, 15) is 0 Å². The number of benzene rings is 2. The van der Waals surface area contributed by atoms with E-state index in [1.54, 1.807) is 0 Å². The molecule has 118 valence electrons. The van der Waals surface area contributed by atoms with E-state index < -0.39 is 8.26 Å². The fourth-order valence-electron chi connectivity index (χ4n) is 1.43. The first-order valence-electron chi connectivity index (χ1n) is 6.14. The molecule has 0 N–H and O–H groups in total. The van der Waals surface area contributed by atoms with E-state index in [1.807, 2.05) is 68.7 Å². The quantitative estimate of drug-likeness (QED) is 0.579. The summed E-state index contributed by atoms with van der Waals surface area (Å²) in [7, 11) is 8.84. The smallest absolute Gasteiger partial charge is 0.317 e. The monoisotopic (exact) mass is 359 g/mol. The molecule has 0 aliphatic carbocycles. The van der Waals surface area contributed by atoms with Gasteiger partial charge in [-0.3, -0.25) is 0 Å². The number of halogens is 2. The second-order valence-corrected chi connectivity index (χ2v) is 7.99. The molecule has 0 aromatic heterocycles. The maximum Gasteiger partial charge on any atom is 0.317 e. The van der Waals surface area contributed by atoms with Crippen LogP contribution in [0.25, 0.3) is 0 Å². The zero-order valence-corrected chi connectivity index (χ0v) is 14.3. The van der Waals surface area contributed by atoms with Crippen LogP contribution >= 0.6 is 21.4 Å². The van der Waals surface area contributed by atoms with Crippen molar-refractivity contribution < 1.29 is 8.42 Å². The summed E-state index contributed by atoms with van der Waals surface area (Å²) in [5, 5.41) is 8.35. The maximum absolute atomic E-state index is 9.16. The number of hydrogen-bond acceptors (Lipinski definition) is 5. The van der Waals surface area contributed by atoms with Gasteiger partial charge < -0.3 is 4.90 Å². The molecular weight excluding hydrogens is 345 g/mol. The van der Waals surface area contributed by atoms with Gasteiger partial charge in [0.05, 0.1) is 11.4 Å². The minimum absolute atomic E-state index is 0.861. The molecule has 5 nitrogen and oxygen atoms in total. The van der Waals surface area contributed by atoms with Crippen molar-refractivity contribution >= 4 is 46.7 Å². The van der Waals surface area contributed by atoms with Gasteiger partial charge in [-0.1, -0.05) is 18.2 Å². The van der Waals surface area contributed by atoms with Gasteiger partial charge in [0.15, 0.2) is 0 Å². The van der Waals surface area contributed by atoms with Gasteiger partial charge in [-0.25, -0.2) is 0 Å². The summed E-state index contributed by atoms with van der Waals surface area (Å²) < 4.78 is 18.3. The van der Waals surface area contributed by atoms with Crippen LogP contribution in [-0.4, -0.2) is 22.5 Å². The van der Waals surface area contributed by atoms with Crippen LogP contribution in [0.3, 0.4) is 0 Å². The number of nitrogens with zero attached hydrogens (tertiary/aromatic N) is 3. The Hall–Kier alpha value is -1.63. The van der Waals surface area contributed by atoms with Crippen molar-refractivity contribution in [3.8, 4) is 0 Å². The van der Waals surface area contributed by atoms with Crippen molar-refractivity contribution in [3.05, 3.63) is 54.6 Å². The molecule has 0 unspecified atom stereocenters. The molecule has 0 heterocycles. The lowest BCUT2D eigenvalue weighted by atomic mass is 10.3. The summed E-state index contributed by atoms with van der Waals surface area (Å²) in [5.41, 5.74) is 2.88. The zero-order valence-electron chi connectivity index (χ0n) is 12.0. The number of hydrogen-bond donors (Lipinski definition) is 0. The molecule has 0 radical (unpaired) electrons. The van der Waals surface area contributed by atoms with Gasteiger partial charge in [0.2, 0.25) is 0 Å². The Labute approximate surface area is 139 Å². The second-order valence-electron chi connectivity index (χ2n) is 4.32. The molecule has 0 amide bonds. The average molecular weight is 360 g/mol. The zero-order chi connectivity index (χ0) is 16.6. The summed E-state index contributed by atoms with van der Waals surface area (Å²) in [6.45, 7) is 0.